The molecule has 0 spiro atoms. The van der Waals surface area contributed by atoms with E-state index in [-0.39, 0.29) is 0 Å². The Bertz CT molecular complexity index is 811. The molecule has 1 atom stereocenters. The summed E-state index contributed by atoms with van der Waals surface area (Å²) in [6.07, 6.45) is 1.09. The van der Waals surface area contributed by atoms with Crippen molar-refractivity contribution in [1.29, 1.82) is 0 Å². The predicted octanol–water partition coefficient (Wildman–Crippen LogP) is 4.57. The highest BCUT2D eigenvalue weighted by Crippen LogP contribution is 2.33. The number of halogens is 1. The van der Waals surface area contributed by atoms with E-state index >= 15 is 0 Å². The van der Waals surface area contributed by atoms with Crippen LogP contribution in [-0.4, -0.2) is 21.6 Å². The van der Waals surface area contributed by atoms with Gasteiger partial charge in [-0.2, -0.15) is 4.98 Å². The van der Waals surface area contributed by atoms with Crippen LogP contribution in [0.4, 0.5) is 0 Å². The SMILES string of the molecule is C[C@@H]1c2ccsc2CCN1Cc1nc(-c2ccc(Cl)cc2)no1. The number of benzene rings is 1. The van der Waals surface area contributed by atoms with Crippen LogP contribution in [0.25, 0.3) is 11.4 Å². The fourth-order valence-electron chi connectivity index (χ4n) is 2.99. The van der Waals surface area contributed by atoms with Crippen LogP contribution in [0, 0.1) is 0 Å². The van der Waals surface area contributed by atoms with Crippen molar-refractivity contribution in [2.24, 2.45) is 0 Å². The van der Waals surface area contributed by atoms with Crippen molar-refractivity contribution in [1.82, 2.24) is 15.0 Å². The van der Waals surface area contributed by atoms with Crippen molar-refractivity contribution in [2.75, 3.05) is 6.54 Å². The Kier molecular flexibility index (Phi) is 3.93. The van der Waals surface area contributed by atoms with Crippen molar-refractivity contribution in [3.8, 4) is 11.4 Å². The van der Waals surface area contributed by atoms with E-state index in [9.17, 15) is 0 Å². The van der Waals surface area contributed by atoms with Crippen molar-refractivity contribution in [2.45, 2.75) is 25.9 Å². The van der Waals surface area contributed by atoms with Gasteiger partial charge in [-0.05, 0) is 54.6 Å². The molecule has 0 amide bonds. The first-order valence-corrected chi connectivity index (χ1v) is 8.85. The zero-order valence-corrected chi connectivity index (χ0v) is 14.3. The summed E-state index contributed by atoms with van der Waals surface area (Å²) in [5.74, 6) is 1.26. The molecular weight excluding hydrogens is 330 g/mol. The number of nitrogens with zero attached hydrogens (tertiary/aromatic N) is 3. The van der Waals surface area contributed by atoms with Gasteiger partial charge in [0, 0.05) is 28.0 Å². The zero-order valence-electron chi connectivity index (χ0n) is 12.7. The second-order valence-electron chi connectivity index (χ2n) is 5.71. The molecule has 2 aromatic heterocycles. The lowest BCUT2D eigenvalue weighted by Crippen LogP contribution is -2.32. The van der Waals surface area contributed by atoms with Crippen molar-refractivity contribution < 1.29 is 4.52 Å². The molecule has 1 aromatic carbocycles. The third-order valence-corrected chi connectivity index (χ3v) is 5.56. The summed E-state index contributed by atoms with van der Waals surface area (Å²) in [4.78, 5) is 8.41. The van der Waals surface area contributed by atoms with Gasteiger partial charge in [-0.3, -0.25) is 4.90 Å². The molecule has 1 aliphatic rings. The molecule has 1 aliphatic heterocycles. The number of hydrogen-bond acceptors (Lipinski definition) is 5. The van der Waals surface area contributed by atoms with Gasteiger partial charge in [-0.15, -0.1) is 11.3 Å². The lowest BCUT2D eigenvalue weighted by Gasteiger charge is -2.32. The number of aromatic nitrogens is 2. The molecule has 0 fully saturated rings. The van der Waals surface area contributed by atoms with Gasteiger partial charge in [0.1, 0.15) is 0 Å². The van der Waals surface area contributed by atoms with Crippen LogP contribution in [0.15, 0.2) is 40.2 Å². The van der Waals surface area contributed by atoms with E-state index in [0.29, 0.717) is 29.3 Å². The summed E-state index contributed by atoms with van der Waals surface area (Å²) in [6.45, 7) is 3.94. The van der Waals surface area contributed by atoms with E-state index in [4.69, 9.17) is 16.1 Å². The lowest BCUT2D eigenvalue weighted by atomic mass is 10.0. The molecule has 3 heterocycles. The summed E-state index contributed by atoms with van der Waals surface area (Å²) >= 11 is 7.76. The van der Waals surface area contributed by atoms with Crippen LogP contribution in [0.2, 0.25) is 5.02 Å². The van der Waals surface area contributed by atoms with E-state index in [1.165, 1.54) is 10.4 Å². The highest BCUT2D eigenvalue weighted by Gasteiger charge is 2.26. The molecule has 0 saturated carbocycles. The topological polar surface area (TPSA) is 42.2 Å². The van der Waals surface area contributed by atoms with Gasteiger partial charge in [0.2, 0.25) is 11.7 Å². The third-order valence-electron chi connectivity index (χ3n) is 4.31. The van der Waals surface area contributed by atoms with Gasteiger partial charge in [0.25, 0.3) is 0 Å². The minimum absolute atomic E-state index is 0.385. The van der Waals surface area contributed by atoms with Crippen molar-refractivity contribution in [3.63, 3.8) is 0 Å². The largest absolute Gasteiger partial charge is 0.338 e. The maximum Gasteiger partial charge on any atom is 0.241 e. The van der Waals surface area contributed by atoms with Crippen LogP contribution in [0.5, 0.6) is 0 Å². The standard InChI is InChI=1S/C17H16ClN3OS/c1-11-14-7-9-23-15(14)6-8-21(11)10-16-19-17(20-22-16)12-2-4-13(18)5-3-12/h2-5,7,9,11H,6,8,10H2,1H3/t11-/m1/s1. The Hall–Kier alpha value is -1.69. The molecular formula is C17H16ClN3OS. The van der Waals surface area contributed by atoms with Crippen molar-refractivity contribution >= 4 is 22.9 Å². The van der Waals surface area contributed by atoms with Gasteiger partial charge >= 0.3 is 0 Å². The van der Waals surface area contributed by atoms with E-state index in [2.05, 4.69) is 33.4 Å². The Morgan fingerprint density at radius 3 is 2.96 bits per heavy atom. The molecule has 0 bridgehead atoms. The summed E-state index contributed by atoms with van der Waals surface area (Å²) in [7, 11) is 0. The maximum atomic E-state index is 5.91. The normalized spacial score (nSPS) is 18.1. The van der Waals surface area contributed by atoms with E-state index in [1.54, 1.807) is 0 Å². The quantitative estimate of drug-likeness (QED) is 0.697. The summed E-state index contributed by atoms with van der Waals surface area (Å²) in [5.41, 5.74) is 2.34. The predicted molar refractivity (Wildman–Crippen MR) is 91.6 cm³/mol. The maximum absolute atomic E-state index is 5.91. The Morgan fingerprint density at radius 2 is 2.13 bits per heavy atom. The minimum atomic E-state index is 0.385. The first-order valence-electron chi connectivity index (χ1n) is 7.59. The first kappa shape index (κ1) is 14.9. The molecule has 0 N–H and O–H groups in total. The molecule has 3 aromatic rings. The van der Waals surface area contributed by atoms with Crippen LogP contribution in [-0.2, 0) is 13.0 Å². The fourth-order valence-corrected chi connectivity index (χ4v) is 4.08. The van der Waals surface area contributed by atoms with E-state index in [0.717, 1.165) is 18.5 Å². The van der Waals surface area contributed by atoms with E-state index in [1.807, 2.05) is 35.6 Å². The summed E-state index contributed by atoms with van der Waals surface area (Å²) < 4.78 is 5.44. The monoisotopic (exact) mass is 345 g/mol. The second-order valence-corrected chi connectivity index (χ2v) is 7.15. The summed E-state index contributed by atoms with van der Waals surface area (Å²) in [5, 5.41) is 6.96. The highest BCUT2D eigenvalue weighted by atomic mass is 35.5. The van der Waals surface area contributed by atoms with Gasteiger partial charge in [-0.1, -0.05) is 16.8 Å². The Labute approximate surface area is 143 Å². The molecule has 4 nitrogen and oxygen atoms in total. The van der Waals surface area contributed by atoms with Crippen LogP contribution in [0.1, 0.15) is 29.3 Å². The van der Waals surface area contributed by atoms with Gasteiger partial charge in [0.15, 0.2) is 0 Å². The smallest absolute Gasteiger partial charge is 0.241 e. The van der Waals surface area contributed by atoms with Crippen molar-refractivity contribution in [3.05, 3.63) is 57.1 Å². The van der Waals surface area contributed by atoms with Gasteiger partial charge in [-0.25, -0.2) is 0 Å². The van der Waals surface area contributed by atoms with Crippen LogP contribution in [0.3, 0.4) is 0 Å². The zero-order chi connectivity index (χ0) is 15.8. The summed E-state index contributed by atoms with van der Waals surface area (Å²) in [6, 6.07) is 10.1. The van der Waals surface area contributed by atoms with Crippen LogP contribution < -0.4 is 0 Å². The third kappa shape index (κ3) is 2.92. The van der Waals surface area contributed by atoms with E-state index < -0.39 is 0 Å². The minimum Gasteiger partial charge on any atom is -0.338 e. The molecule has 23 heavy (non-hydrogen) atoms. The molecule has 0 saturated heterocycles. The number of rotatable bonds is 3. The second kappa shape index (κ2) is 6.07. The number of hydrogen-bond donors (Lipinski definition) is 0. The molecule has 0 radical (unpaired) electrons. The first-order chi connectivity index (χ1) is 11.2. The molecule has 0 aliphatic carbocycles. The molecule has 118 valence electrons. The average Bonchev–Trinajstić information content (AvgIpc) is 3.20. The molecule has 0 unspecified atom stereocenters. The van der Waals surface area contributed by atoms with Gasteiger partial charge < -0.3 is 4.52 Å². The Balaban J connectivity index is 1.51. The highest BCUT2D eigenvalue weighted by molar-refractivity contribution is 7.10. The average molecular weight is 346 g/mol. The molecule has 4 rings (SSSR count). The number of thiophene rings is 1. The lowest BCUT2D eigenvalue weighted by molar-refractivity contribution is 0.167. The molecule has 6 heteroatoms. The fraction of sp³-hybridized carbons (Fsp3) is 0.294. The van der Waals surface area contributed by atoms with Gasteiger partial charge in [0.05, 0.1) is 6.54 Å². The number of fused-ring (bicyclic) bond motifs is 1. The Morgan fingerprint density at radius 1 is 1.30 bits per heavy atom. The van der Waals surface area contributed by atoms with Crippen LogP contribution >= 0.6 is 22.9 Å².